The Hall–Kier alpha value is -2.66. The zero-order chi connectivity index (χ0) is 17.4. The number of carbonyl (C=O) groups excluding carboxylic acids is 2. The van der Waals surface area contributed by atoms with Crippen molar-refractivity contribution in [3.63, 3.8) is 0 Å². The highest BCUT2D eigenvalue weighted by Crippen LogP contribution is 2.43. The van der Waals surface area contributed by atoms with Crippen LogP contribution >= 0.6 is 0 Å². The van der Waals surface area contributed by atoms with E-state index in [0.29, 0.717) is 13.0 Å². The minimum atomic E-state index is -1.18. The standard InChI is InChI=1S/C20H20N2O3/c1-2-25-17-13-16-18(23)21-20(17,14-9-5-3-6-10-14)19(24)22(16)15-11-7-4-8-12-15/h3-12,16-17H,2,13H2,1H3,(H,21,23)/t16-,17+,20-/m1/s1. The molecule has 3 heterocycles. The van der Waals surface area contributed by atoms with Crippen LogP contribution in [0.1, 0.15) is 18.9 Å². The van der Waals surface area contributed by atoms with Gasteiger partial charge in [0.05, 0.1) is 6.10 Å². The van der Waals surface area contributed by atoms with E-state index in [0.717, 1.165) is 11.3 Å². The molecule has 128 valence electrons. The second-order valence-corrected chi connectivity index (χ2v) is 6.37. The third-order valence-corrected chi connectivity index (χ3v) is 5.04. The van der Waals surface area contributed by atoms with Crippen LogP contribution in [0.15, 0.2) is 60.7 Å². The Morgan fingerprint density at radius 2 is 1.72 bits per heavy atom. The highest BCUT2D eigenvalue weighted by molar-refractivity contribution is 6.13. The van der Waals surface area contributed by atoms with Crippen LogP contribution < -0.4 is 10.2 Å². The molecule has 0 radical (unpaired) electrons. The van der Waals surface area contributed by atoms with Gasteiger partial charge in [0.2, 0.25) is 5.91 Å². The maximum Gasteiger partial charge on any atom is 0.260 e. The van der Waals surface area contributed by atoms with E-state index in [-0.39, 0.29) is 17.9 Å². The molecule has 3 aliphatic rings. The summed E-state index contributed by atoms with van der Waals surface area (Å²) >= 11 is 0. The number of hydrogen-bond donors (Lipinski definition) is 1. The van der Waals surface area contributed by atoms with Crippen molar-refractivity contribution in [2.75, 3.05) is 11.5 Å². The molecule has 0 spiro atoms. The molecule has 2 bridgehead atoms. The number of rotatable bonds is 4. The van der Waals surface area contributed by atoms with Gasteiger partial charge in [-0.15, -0.1) is 0 Å². The SMILES string of the molecule is CCO[C@H]1C[C@@H]2C(=O)N[C@@]1(c1ccccc1)C(=O)N2c1ccccc1. The molecule has 25 heavy (non-hydrogen) atoms. The number of piperidine rings is 2. The summed E-state index contributed by atoms with van der Waals surface area (Å²) in [4.78, 5) is 28.0. The highest BCUT2D eigenvalue weighted by Gasteiger charge is 2.62. The second-order valence-electron chi connectivity index (χ2n) is 6.37. The lowest BCUT2D eigenvalue weighted by Crippen LogP contribution is -2.78. The van der Waals surface area contributed by atoms with E-state index in [1.165, 1.54) is 0 Å². The maximum absolute atomic E-state index is 13.6. The molecule has 5 nitrogen and oxygen atoms in total. The second kappa shape index (κ2) is 6.01. The van der Waals surface area contributed by atoms with Gasteiger partial charge in [0, 0.05) is 18.7 Å². The Kier molecular flexibility index (Phi) is 3.81. The molecule has 3 saturated heterocycles. The fourth-order valence-corrected chi connectivity index (χ4v) is 3.95. The number of hydrogen-bond acceptors (Lipinski definition) is 3. The summed E-state index contributed by atoms with van der Waals surface area (Å²) in [6.07, 6.45) is 0.102. The Balaban J connectivity index is 1.87. The molecule has 5 rings (SSSR count). The summed E-state index contributed by atoms with van der Waals surface area (Å²) in [5, 5.41) is 2.97. The van der Waals surface area contributed by atoms with Crippen molar-refractivity contribution >= 4 is 17.5 Å². The first kappa shape index (κ1) is 15.8. The smallest absolute Gasteiger partial charge is 0.260 e. The fourth-order valence-electron chi connectivity index (χ4n) is 3.95. The van der Waals surface area contributed by atoms with Gasteiger partial charge in [0.15, 0.2) is 5.54 Å². The molecule has 0 saturated carbocycles. The van der Waals surface area contributed by atoms with Crippen LogP contribution in [-0.2, 0) is 19.9 Å². The fraction of sp³-hybridized carbons (Fsp3) is 0.300. The van der Waals surface area contributed by atoms with Gasteiger partial charge >= 0.3 is 0 Å². The van der Waals surface area contributed by atoms with Crippen molar-refractivity contribution in [1.29, 1.82) is 0 Å². The van der Waals surface area contributed by atoms with Gasteiger partial charge in [-0.25, -0.2) is 0 Å². The summed E-state index contributed by atoms with van der Waals surface area (Å²) in [6.45, 7) is 2.39. The van der Waals surface area contributed by atoms with E-state index in [4.69, 9.17) is 4.74 Å². The number of fused-ring (bicyclic) bond motifs is 3. The van der Waals surface area contributed by atoms with Crippen LogP contribution in [0.3, 0.4) is 0 Å². The number of ether oxygens (including phenoxy) is 1. The third kappa shape index (κ3) is 2.27. The lowest BCUT2D eigenvalue weighted by molar-refractivity contribution is -0.156. The molecule has 5 heteroatoms. The monoisotopic (exact) mass is 336 g/mol. The molecular weight excluding hydrogens is 316 g/mol. The highest BCUT2D eigenvalue weighted by atomic mass is 16.5. The minimum absolute atomic E-state index is 0.136. The normalized spacial score (nSPS) is 28.1. The van der Waals surface area contributed by atoms with E-state index in [2.05, 4.69) is 5.32 Å². The molecule has 3 atom stereocenters. The van der Waals surface area contributed by atoms with Gasteiger partial charge in [-0.3, -0.25) is 14.5 Å². The number of para-hydroxylation sites is 1. The van der Waals surface area contributed by atoms with Crippen molar-refractivity contribution in [2.24, 2.45) is 0 Å². The number of anilines is 1. The topological polar surface area (TPSA) is 58.6 Å². The molecule has 3 fully saturated rings. The molecule has 2 amide bonds. The molecule has 1 N–H and O–H groups in total. The average molecular weight is 336 g/mol. The number of benzene rings is 2. The van der Waals surface area contributed by atoms with Gasteiger partial charge in [0.1, 0.15) is 6.04 Å². The Labute approximate surface area is 146 Å². The summed E-state index contributed by atoms with van der Waals surface area (Å²) in [5.41, 5.74) is 0.312. The third-order valence-electron chi connectivity index (χ3n) is 5.04. The molecule has 0 aromatic heterocycles. The van der Waals surface area contributed by atoms with Crippen molar-refractivity contribution in [1.82, 2.24) is 5.32 Å². The zero-order valence-electron chi connectivity index (χ0n) is 14.0. The van der Waals surface area contributed by atoms with Gasteiger partial charge in [0.25, 0.3) is 5.91 Å². The number of nitrogens with zero attached hydrogens (tertiary/aromatic N) is 1. The lowest BCUT2D eigenvalue weighted by atomic mass is 9.72. The van der Waals surface area contributed by atoms with E-state index in [1.807, 2.05) is 67.6 Å². The quantitative estimate of drug-likeness (QED) is 0.931. The first-order valence-corrected chi connectivity index (χ1v) is 8.56. The Morgan fingerprint density at radius 3 is 2.36 bits per heavy atom. The lowest BCUT2D eigenvalue weighted by Gasteiger charge is -2.55. The maximum atomic E-state index is 13.6. The number of carbonyl (C=O) groups is 2. The van der Waals surface area contributed by atoms with Gasteiger partial charge in [-0.2, -0.15) is 0 Å². The summed E-state index contributed by atoms with van der Waals surface area (Å²) < 4.78 is 5.92. The summed E-state index contributed by atoms with van der Waals surface area (Å²) in [7, 11) is 0. The van der Waals surface area contributed by atoms with Gasteiger partial charge < -0.3 is 10.1 Å². The van der Waals surface area contributed by atoms with Gasteiger partial charge in [-0.1, -0.05) is 48.5 Å². The molecule has 3 aliphatic heterocycles. The van der Waals surface area contributed by atoms with E-state index >= 15 is 0 Å². The Morgan fingerprint density at radius 1 is 1.08 bits per heavy atom. The number of amides is 2. The van der Waals surface area contributed by atoms with E-state index in [9.17, 15) is 9.59 Å². The first-order chi connectivity index (χ1) is 12.2. The predicted octanol–water partition coefficient (Wildman–Crippen LogP) is 2.22. The largest absolute Gasteiger partial charge is 0.375 e. The van der Waals surface area contributed by atoms with Crippen LogP contribution in [0.25, 0.3) is 0 Å². The van der Waals surface area contributed by atoms with Crippen LogP contribution in [0.4, 0.5) is 5.69 Å². The number of piperazine rings is 1. The van der Waals surface area contributed by atoms with Gasteiger partial charge in [-0.05, 0) is 24.6 Å². The zero-order valence-corrected chi connectivity index (χ0v) is 14.0. The summed E-state index contributed by atoms with van der Waals surface area (Å²) in [5.74, 6) is -0.276. The van der Waals surface area contributed by atoms with E-state index in [1.54, 1.807) is 4.90 Å². The van der Waals surface area contributed by atoms with Crippen molar-refractivity contribution < 1.29 is 14.3 Å². The molecule has 0 aliphatic carbocycles. The van der Waals surface area contributed by atoms with Crippen LogP contribution in [0.2, 0.25) is 0 Å². The first-order valence-electron chi connectivity index (χ1n) is 8.56. The van der Waals surface area contributed by atoms with Crippen molar-refractivity contribution in [3.8, 4) is 0 Å². The van der Waals surface area contributed by atoms with Crippen LogP contribution in [0, 0.1) is 0 Å². The van der Waals surface area contributed by atoms with Crippen molar-refractivity contribution in [2.45, 2.75) is 31.0 Å². The van der Waals surface area contributed by atoms with Crippen LogP contribution in [0.5, 0.6) is 0 Å². The molecular formula is C20H20N2O3. The Bertz CT molecular complexity index is 793. The molecule has 2 aromatic carbocycles. The average Bonchev–Trinajstić information content (AvgIpc) is 2.65. The predicted molar refractivity (Wildman–Crippen MR) is 94.0 cm³/mol. The van der Waals surface area contributed by atoms with E-state index < -0.39 is 11.6 Å². The molecule has 0 unspecified atom stereocenters. The minimum Gasteiger partial charge on any atom is -0.375 e. The molecule has 2 aromatic rings. The van der Waals surface area contributed by atoms with Crippen LogP contribution in [-0.4, -0.2) is 30.6 Å². The summed E-state index contributed by atoms with van der Waals surface area (Å²) in [6, 6.07) is 18.2. The number of nitrogens with one attached hydrogen (secondary N) is 1. The van der Waals surface area contributed by atoms with Crippen molar-refractivity contribution in [3.05, 3.63) is 66.2 Å².